The van der Waals surface area contributed by atoms with Gasteiger partial charge in [0, 0.05) is 43.7 Å². The lowest BCUT2D eigenvalue weighted by Crippen LogP contribution is -2.36. The molecule has 8 nitrogen and oxygen atoms in total. The first-order chi connectivity index (χ1) is 12.1. The Morgan fingerprint density at radius 3 is 2.72 bits per heavy atom. The number of aromatic nitrogens is 4. The maximum absolute atomic E-state index is 5.57. The lowest BCUT2D eigenvalue weighted by atomic mass is 10.2. The molecule has 0 aliphatic carbocycles. The summed E-state index contributed by atoms with van der Waals surface area (Å²) in [5, 5.41) is 3.32. The van der Waals surface area contributed by atoms with Crippen molar-refractivity contribution in [1.29, 1.82) is 0 Å². The molecule has 134 valence electrons. The van der Waals surface area contributed by atoms with E-state index in [0.29, 0.717) is 18.4 Å². The Kier molecular flexibility index (Phi) is 5.28. The minimum absolute atomic E-state index is 0.176. The van der Waals surface area contributed by atoms with Crippen LogP contribution in [0.4, 0.5) is 11.8 Å². The molecule has 1 aliphatic rings. The van der Waals surface area contributed by atoms with Gasteiger partial charge in [0.2, 0.25) is 11.8 Å². The van der Waals surface area contributed by atoms with Crippen molar-refractivity contribution in [2.24, 2.45) is 0 Å². The van der Waals surface area contributed by atoms with Crippen LogP contribution in [0.5, 0.6) is 5.88 Å². The first-order valence-electron chi connectivity index (χ1n) is 8.30. The van der Waals surface area contributed by atoms with Crippen molar-refractivity contribution in [3.8, 4) is 5.88 Å². The van der Waals surface area contributed by atoms with Crippen molar-refractivity contribution in [2.45, 2.75) is 32.4 Å². The molecule has 0 radical (unpaired) electrons. The third-order valence-electron chi connectivity index (χ3n) is 4.33. The molecule has 0 saturated carbocycles. The third-order valence-corrected chi connectivity index (χ3v) is 4.33. The van der Waals surface area contributed by atoms with Gasteiger partial charge in [0.25, 0.3) is 0 Å². The Hall–Kier alpha value is -2.48. The van der Waals surface area contributed by atoms with Crippen molar-refractivity contribution in [2.75, 3.05) is 37.5 Å². The minimum atomic E-state index is 0.176. The molecule has 1 saturated heterocycles. The van der Waals surface area contributed by atoms with E-state index in [1.54, 1.807) is 26.6 Å². The first-order valence-corrected chi connectivity index (χ1v) is 8.30. The van der Waals surface area contributed by atoms with E-state index in [9.17, 15) is 0 Å². The number of ether oxygens (including phenoxy) is 2. The molecule has 0 aromatic carbocycles. The minimum Gasteiger partial charge on any atom is -0.481 e. The van der Waals surface area contributed by atoms with E-state index in [2.05, 4.69) is 30.2 Å². The van der Waals surface area contributed by atoms with Crippen LogP contribution in [0.25, 0.3) is 0 Å². The van der Waals surface area contributed by atoms with Gasteiger partial charge in [0.05, 0.1) is 19.3 Å². The van der Waals surface area contributed by atoms with Gasteiger partial charge in [0.15, 0.2) is 0 Å². The molecule has 3 rings (SSSR count). The van der Waals surface area contributed by atoms with E-state index < -0.39 is 0 Å². The van der Waals surface area contributed by atoms with Crippen LogP contribution in [0.3, 0.4) is 0 Å². The second kappa shape index (κ2) is 7.60. The van der Waals surface area contributed by atoms with Crippen molar-refractivity contribution < 1.29 is 9.47 Å². The van der Waals surface area contributed by atoms with Crippen LogP contribution in [0.15, 0.2) is 18.5 Å². The van der Waals surface area contributed by atoms with Crippen molar-refractivity contribution in [3.63, 3.8) is 0 Å². The molecule has 1 fully saturated rings. The smallest absolute Gasteiger partial charge is 0.226 e. The summed E-state index contributed by atoms with van der Waals surface area (Å²) in [7, 11) is 3.35. The van der Waals surface area contributed by atoms with Gasteiger partial charge in [-0.05, 0) is 20.3 Å². The summed E-state index contributed by atoms with van der Waals surface area (Å²) < 4.78 is 10.8. The van der Waals surface area contributed by atoms with Crippen LogP contribution in [0, 0.1) is 13.8 Å². The molecule has 8 heteroatoms. The molecule has 0 amide bonds. The molecule has 0 spiro atoms. The average molecular weight is 344 g/mol. The van der Waals surface area contributed by atoms with E-state index >= 15 is 0 Å². The fourth-order valence-corrected chi connectivity index (χ4v) is 3.05. The standard InChI is InChI=1S/C17H24N6O2/c1-11-5-15(20-10-19-11)23-9-14(24-3)7-13(23)8-18-17-21-12(2)6-16(22-17)25-4/h5-6,10,13-14H,7-9H2,1-4H3,(H,18,21,22)/t13-,14-/m0/s1. The van der Waals surface area contributed by atoms with Crippen LogP contribution in [-0.2, 0) is 4.74 Å². The van der Waals surface area contributed by atoms with Gasteiger partial charge in [-0.3, -0.25) is 0 Å². The number of hydrogen-bond donors (Lipinski definition) is 1. The van der Waals surface area contributed by atoms with E-state index in [0.717, 1.165) is 30.2 Å². The molecule has 2 aromatic rings. The number of nitrogens with one attached hydrogen (secondary N) is 1. The molecular formula is C17H24N6O2. The summed E-state index contributed by atoms with van der Waals surface area (Å²) in [6.07, 6.45) is 2.69. The van der Waals surface area contributed by atoms with Crippen molar-refractivity contribution >= 4 is 11.8 Å². The first kappa shape index (κ1) is 17.3. The maximum atomic E-state index is 5.57. The van der Waals surface area contributed by atoms with E-state index in [1.807, 2.05) is 19.9 Å². The summed E-state index contributed by atoms with van der Waals surface area (Å²) in [6.45, 7) is 5.38. The summed E-state index contributed by atoms with van der Waals surface area (Å²) >= 11 is 0. The van der Waals surface area contributed by atoms with E-state index in [1.165, 1.54) is 0 Å². The molecule has 2 aromatic heterocycles. The maximum Gasteiger partial charge on any atom is 0.226 e. The van der Waals surface area contributed by atoms with E-state index in [-0.39, 0.29) is 12.1 Å². The lowest BCUT2D eigenvalue weighted by molar-refractivity contribution is 0.118. The zero-order chi connectivity index (χ0) is 17.8. The SMILES string of the molecule is COc1cc(C)nc(NC[C@@H]2C[C@H](OC)CN2c2cc(C)ncn2)n1. The van der Waals surface area contributed by atoms with Gasteiger partial charge in [-0.2, -0.15) is 4.98 Å². The van der Waals surface area contributed by atoms with Crippen LogP contribution < -0.4 is 15.0 Å². The predicted molar refractivity (Wildman–Crippen MR) is 95.1 cm³/mol. The topological polar surface area (TPSA) is 85.3 Å². The number of rotatable bonds is 6. The third kappa shape index (κ3) is 4.14. The Bertz CT molecular complexity index is 726. The molecule has 1 aliphatic heterocycles. The molecule has 3 heterocycles. The Morgan fingerprint density at radius 1 is 1.16 bits per heavy atom. The van der Waals surface area contributed by atoms with Gasteiger partial charge < -0.3 is 19.7 Å². The zero-order valence-electron chi connectivity index (χ0n) is 15.1. The Balaban J connectivity index is 1.74. The quantitative estimate of drug-likeness (QED) is 0.846. The highest BCUT2D eigenvalue weighted by Gasteiger charge is 2.33. The highest BCUT2D eigenvalue weighted by atomic mass is 16.5. The van der Waals surface area contributed by atoms with Gasteiger partial charge >= 0.3 is 0 Å². The largest absolute Gasteiger partial charge is 0.481 e. The fourth-order valence-electron chi connectivity index (χ4n) is 3.05. The summed E-state index contributed by atoms with van der Waals surface area (Å²) in [5.41, 5.74) is 1.81. The second-order valence-corrected chi connectivity index (χ2v) is 6.17. The van der Waals surface area contributed by atoms with Gasteiger partial charge in [0.1, 0.15) is 12.1 Å². The Labute approximate surface area is 147 Å². The van der Waals surface area contributed by atoms with Gasteiger partial charge in [-0.1, -0.05) is 0 Å². The predicted octanol–water partition coefficient (Wildman–Crippen LogP) is 1.60. The van der Waals surface area contributed by atoms with Crippen molar-refractivity contribution in [1.82, 2.24) is 19.9 Å². The van der Waals surface area contributed by atoms with Crippen LogP contribution in [-0.4, -0.2) is 59.4 Å². The van der Waals surface area contributed by atoms with Crippen LogP contribution in [0.2, 0.25) is 0 Å². The molecular weight excluding hydrogens is 320 g/mol. The summed E-state index contributed by atoms with van der Waals surface area (Å²) in [4.78, 5) is 19.6. The van der Waals surface area contributed by atoms with Crippen LogP contribution in [0.1, 0.15) is 17.8 Å². The number of anilines is 2. The fraction of sp³-hybridized carbons (Fsp3) is 0.529. The van der Waals surface area contributed by atoms with Gasteiger partial charge in [-0.15, -0.1) is 0 Å². The molecule has 0 bridgehead atoms. The second-order valence-electron chi connectivity index (χ2n) is 6.17. The number of nitrogens with zero attached hydrogens (tertiary/aromatic N) is 5. The van der Waals surface area contributed by atoms with Crippen LogP contribution >= 0.6 is 0 Å². The molecule has 1 N–H and O–H groups in total. The highest BCUT2D eigenvalue weighted by molar-refractivity contribution is 5.43. The average Bonchev–Trinajstić information content (AvgIpc) is 3.03. The monoisotopic (exact) mass is 344 g/mol. The van der Waals surface area contributed by atoms with E-state index in [4.69, 9.17) is 9.47 Å². The van der Waals surface area contributed by atoms with Crippen molar-refractivity contribution in [3.05, 3.63) is 29.8 Å². The number of methoxy groups -OCH3 is 2. The van der Waals surface area contributed by atoms with Gasteiger partial charge in [-0.25, -0.2) is 15.0 Å². The number of hydrogen-bond acceptors (Lipinski definition) is 8. The molecule has 0 unspecified atom stereocenters. The lowest BCUT2D eigenvalue weighted by Gasteiger charge is -2.25. The molecule has 25 heavy (non-hydrogen) atoms. The molecule has 2 atom stereocenters. The zero-order valence-corrected chi connectivity index (χ0v) is 15.1. The number of aryl methyl sites for hydroxylation is 2. The summed E-state index contributed by atoms with van der Waals surface area (Å²) in [5.74, 6) is 2.04. The highest BCUT2D eigenvalue weighted by Crippen LogP contribution is 2.26. The normalized spacial score (nSPS) is 19.9. The Morgan fingerprint density at radius 2 is 2.00 bits per heavy atom. The summed E-state index contributed by atoms with van der Waals surface area (Å²) in [6, 6.07) is 4.03.